The Morgan fingerprint density at radius 3 is 2.82 bits per heavy atom. The minimum Gasteiger partial charge on any atom is -0.466 e. The maximum absolute atomic E-state index is 12.8. The number of hydrogen-bond acceptors (Lipinski definition) is 5. The van der Waals surface area contributed by atoms with Gasteiger partial charge in [-0.05, 0) is 48.8 Å². The maximum Gasteiger partial charge on any atom is 0.309 e. The normalized spacial score (nSPS) is 27.6. The number of allylic oxidation sites excluding steroid dienone is 1. The molecule has 6 nitrogen and oxygen atoms in total. The van der Waals surface area contributed by atoms with E-state index < -0.39 is 0 Å². The van der Waals surface area contributed by atoms with E-state index in [4.69, 9.17) is 14.2 Å². The van der Waals surface area contributed by atoms with Crippen LogP contribution in [0.2, 0.25) is 0 Å². The zero-order valence-corrected chi connectivity index (χ0v) is 16.4. The average Bonchev–Trinajstić information content (AvgIpc) is 3.32. The molecule has 0 aromatic heterocycles. The molecule has 150 valence electrons. The van der Waals surface area contributed by atoms with Crippen LogP contribution in [0.25, 0.3) is 0 Å². The number of likely N-dealkylation sites (tertiary alicyclic amines) is 1. The summed E-state index contributed by atoms with van der Waals surface area (Å²) in [4.78, 5) is 27.2. The van der Waals surface area contributed by atoms with Crippen LogP contribution in [0.15, 0.2) is 30.4 Å². The molecule has 0 spiro atoms. The van der Waals surface area contributed by atoms with Crippen molar-refractivity contribution >= 4 is 11.9 Å². The van der Waals surface area contributed by atoms with Crippen LogP contribution in [0.1, 0.15) is 25.8 Å². The second kappa shape index (κ2) is 7.86. The molecule has 2 aliphatic heterocycles. The highest BCUT2D eigenvalue weighted by atomic mass is 16.7. The van der Waals surface area contributed by atoms with Gasteiger partial charge < -0.3 is 19.1 Å². The Bertz CT molecular complexity index is 789. The topological polar surface area (TPSA) is 65.1 Å². The van der Waals surface area contributed by atoms with Crippen molar-refractivity contribution in [2.24, 2.45) is 23.7 Å². The number of aryl methyl sites for hydroxylation is 1. The lowest BCUT2D eigenvalue weighted by Crippen LogP contribution is -2.37. The fraction of sp³-hybridized carbons (Fsp3) is 0.545. The number of fused-ring (bicyclic) bond motifs is 2. The Labute approximate surface area is 165 Å². The number of esters is 1. The highest BCUT2D eigenvalue weighted by molar-refractivity contribution is 5.78. The Kier molecular flexibility index (Phi) is 5.29. The third-order valence-corrected chi connectivity index (χ3v) is 6.08. The quantitative estimate of drug-likeness (QED) is 0.576. The summed E-state index contributed by atoms with van der Waals surface area (Å²) in [5.41, 5.74) is 1.06. The van der Waals surface area contributed by atoms with Gasteiger partial charge >= 0.3 is 5.97 Å². The molecule has 4 rings (SSSR count). The molecular formula is C22H27NO5. The smallest absolute Gasteiger partial charge is 0.309 e. The Morgan fingerprint density at radius 1 is 1.18 bits per heavy atom. The summed E-state index contributed by atoms with van der Waals surface area (Å²) in [6, 6.07) is 5.81. The van der Waals surface area contributed by atoms with Gasteiger partial charge in [-0.1, -0.05) is 25.1 Å². The zero-order valence-electron chi connectivity index (χ0n) is 16.4. The molecule has 1 fully saturated rings. The summed E-state index contributed by atoms with van der Waals surface area (Å²) in [6.45, 7) is 5.84. The van der Waals surface area contributed by atoms with Crippen LogP contribution in [0, 0.1) is 23.7 Å². The minimum absolute atomic E-state index is 0.135. The van der Waals surface area contributed by atoms with Crippen molar-refractivity contribution in [3.8, 4) is 11.5 Å². The third kappa shape index (κ3) is 3.60. The number of ether oxygens (including phenoxy) is 3. The molecule has 2 heterocycles. The molecule has 0 bridgehead atoms. The van der Waals surface area contributed by atoms with Crippen LogP contribution in [0.4, 0.5) is 0 Å². The van der Waals surface area contributed by atoms with E-state index in [1.165, 1.54) is 0 Å². The number of amides is 1. The van der Waals surface area contributed by atoms with Gasteiger partial charge in [0, 0.05) is 19.5 Å². The maximum atomic E-state index is 12.8. The number of nitrogens with zero attached hydrogens (tertiary/aromatic N) is 1. The summed E-state index contributed by atoms with van der Waals surface area (Å²) in [5, 5.41) is 0. The first-order chi connectivity index (χ1) is 13.6. The molecule has 0 radical (unpaired) electrons. The van der Waals surface area contributed by atoms with Crippen LogP contribution < -0.4 is 9.47 Å². The SMILES string of the molecule is CCOC(=O)[C@@H]1[C@H]2CN(C(=O)CCc3ccc4c(c3)OCO4)C[C@@H]2C=C[C@@H]1C. The molecule has 1 aromatic carbocycles. The van der Waals surface area contributed by atoms with E-state index in [9.17, 15) is 9.59 Å². The molecule has 0 N–H and O–H groups in total. The highest BCUT2D eigenvalue weighted by Crippen LogP contribution is 2.40. The van der Waals surface area contributed by atoms with Gasteiger partial charge in [-0.2, -0.15) is 0 Å². The lowest BCUT2D eigenvalue weighted by molar-refractivity contribution is -0.152. The molecule has 6 heteroatoms. The van der Waals surface area contributed by atoms with Crippen molar-refractivity contribution in [1.82, 2.24) is 4.90 Å². The molecule has 1 amide bonds. The fourth-order valence-corrected chi connectivity index (χ4v) is 4.60. The molecule has 1 aliphatic carbocycles. The molecule has 0 unspecified atom stereocenters. The van der Waals surface area contributed by atoms with Crippen molar-refractivity contribution < 1.29 is 23.8 Å². The van der Waals surface area contributed by atoms with Gasteiger partial charge in [0.2, 0.25) is 12.7 Å². The van der Waals surface area contributed by atoms with Gasteiger partial charge in [0.25, 0.3) is 0 Å². The fourth-order valence-electron chi connectivity index (χ4n) is 4.60. The Balaban J connectivity index is 1.37. The standard InChI is InChI=1S/C22H27NO5/c1-3-26-22(25)21-14(2)4-7-16-11-23(12-17(16)21)20(24)9-6-15-5-8-18-19(10-15)28-13-27-18/h4-5,7-8,10,14,16-17,21H,3,6,9,11-13H2,1-2H3/t14-,16-,17-,21-/m0/s1. The first-order valence-electron chi connectivity index (χ1n) is 10.1. The van der Waals surface area contributed by atoms with E-state index in [0.29, 0.717) is 32.5 Å². The number of carbonyl (C=O) groups excluding carboxylic acids is 2. The van der Waals surface area contributed by atoms with Crippen LogP contribution in [0.5, 0.6) is 11.5 Å². The predicted octanol–water partition coefficient (Wildman–Crippen LogP) is 2.81. The zero-order chi connectivity index (χ0) is 19.7. The minimum atomic E-state index is -0.165. The summed E-state index contributed by atoms with van der Waals surface area (Å²) >= 11 is 0. The highest BCUT2D eigenvalue weighted by Gasteiger charge is 2.45. The number of benzene rings is 1. The predicted molar refractivity (Wildman–Crippen MR) is 103 cm³/mol. The van der Waals surface area contributed by atoms with Gasteiger partial charge in [-0.15, -0.1) is 0 Å². The Morgan fingerprint density at radius 2 is 2.00 bits per heavy atom. The van der Waals surface area contributed by atoms with Gasteiger partial charge in [-0.25, -0.2) is 0 Å². The molecular weight excluding hydrogens is 358 g/mol. The summed E-state index contributed by atoms with van der Waals surface area (Å²) in [6.07, 6.45) is 5.39. The molecule has 28 heavy (non-hydrogen) atoms. The van der Waals surface area contributed by atoms with Crippen LogP contribution >= 0.6 is 0 Å². The summed E-state index contributed by atoms with van der Waals surface area (Å²) in [5.74, 6) is 1.86. The molecule has 0 saturated carbocycles. The van der Waals surface area contributed by atoms with Crippen molar-refractivity contribution in [3.05, 3.63) is 35.9 Å². The number of carbonyl (C=O) groups is 2. The van der Waals surface area contributed by atoms with E-state index in [-0.39, 0.29) is 42.3 Å². The van der Waals surface area contributed by atoms with Gasteiger partial charge in [0.05, 0.1) is 12.5 Å². The van der Waals surface area contributed by atoms with Crippen molar-refractivity contribution in [2.75, 3.05) is 26.5 Å². The van der Waals surface area contributed by atoms with Crippen molar-refractivity contribution in [2.45, 2.75) is 26.7 Å². The Hall–Kier alpha value is -2.50. The monoisotopic (exact) mass is 385 g/mol. The van der Waals surface area contributed by atoms with Gasteiger partial charge in [-0.3, -0.25) is 9.59 Å². The van der Waals surface area contributed by atoms with Crippen molar-refractivity contribution in [3.63, 3.8) is 0 Å². The second-order valence-corrected chi connectivity index (χ2v) is 7.84. The van der Waals surface area contributed by atoms with Crippen molar-refractivity contribution in [1.29, 1.82) is 0 Å². The lowest BCUT2D eigenvalue weighted by Gasteiger charge is -2.31. The van der Waals surface area contributed by atoms with Gasteiger partial charge in [0.1, 0.15) is 0 Å². The third-order valence-electron chi connectivity index (χ3n) is 6.08. The number of hydrogen-bond donors (Lipinski definition) is 0. The van der Waals surface area contributed by atoms with E-state index in [2.05, 4.69) is 19.1 Å². The molecule has 4 atom stereocenters. The summed E-state index contributed by atoms with van der Waals surface area (Å²) < 4.78 is 16.0. The largest absolute Gasteiger partial charge is 0.466 e. The van der Waals surface area contributed by atoms with E-state index >= 15 is 0 Å². The van der Waals surface area contributed by atoms with Crippen LogP contribution in [-0.4, -0.2) is 43.3 Å². The van der Waals surface area contributed by atoms with Gasteiger partial charge in [0.15, 0.2) is 11.5 Å². The molecule has 3 aliphatic rings. The van der Waals surface area contributed by atoms with E-state index in [1.807, 2.05) is 30.0 Å². The first kappa shape index (κ1) is 18.8. The van der Waals surface area contributed by atoms with Crippen LogP contribution in [0.3, 0.4) is 0 Å². The lowest BCUT2D eigenvalue weighted by atomic mass is 9.72. The summed E-state index contributed by atoms with van der Waals surface area (Å²) in [7, 11) is 0. The molecule has 1 saturated heterocycles. The molecule has 1 aromatic rings. The van der Waals surface area contributed by atoms with E-state index in [1.54, 1.807) is 0 Å². The van der Waals surface area contributed by atoms with Crippen LogP contribution in [-0.2, 0) is 20.7 Å². The number of rotatable bonds is 5. The first-order valence-corrected chi connectivity index (χ1v) is 10.1. The average molecular weight is 385 g/mol. The van der Waals surface area contributed by atoms with E-state index in [0.717, 1.165) is 17.1 Å². The second-order valence-electron chi connectivity index (χ2n) is 7.84.